The molecule has 5 nitrogen and oxygen atoms in total. The van der Waals surface area contributed by atoms with E-state index in [9.17, 15) is 0 Å². The van der Waals surface area contributed by atoms with Crippen LogP contribution in [0, 0.1) is 12.8 Å². The van der Waals surface area contributed by atoms with Gasteiger partial charge in [0.1, 0.15) is 17.3 Å². The Kier molecular flexibility index (Phi) is 8.76. The summed E-state index contributed by atoms with van der Waals surface area (Å²) in [4.78, 5) is 4.88. The zero-order valence-electron chi connectivity index (χ0n) is 32.4. The average molecular weight is 679 g/mol. The number of hydrogen-bond acceptors (Lipinski definition) is 3. The van der Waals surface area contributed by atoms with Gasteiger partial charge < -0.3 is 4.74 Å². The molecular formula is C46H54N4O. The minimum Gasteiger partial charge on any atom is -0.457 e. The number of aryl methyl sites for hydroxylation is 1. The summed E-state index contributed by atoms with van der Waals surface area (Å²) in [5, 5.41) is 7.65. The van der Waals surface area contributed by atoms with Gasteiger partial charge in [-0.25, -0.2) is 9.67 Å². The van der Waals surface area contributed by atoms with Crippen molar-refractivity contribution in [3.05, 3.63) is 119 Å². The minimum absolute atomic E-state index is 0.00793. The molecule has 0 bridgehead atoms. The van der Waals surface area contributed by atoms with Gasteiger partial charge in [0, 0.05) is 40.6 Å². The van der Waals surface area contributed by atoms with Crippen LogP contribution in [0.15, 0.2) is 90.6 Å². The number of hydrogen-bond donors (Lipinski definition) is 0. The van der Waals surface area contributed by atoms with Crippen LogP contribution < -0.4 is 4.74 Å². The van der Waals surface area contributed by atoms with E-state index in [4.69, 9.17) is 14.8 Å². The minimum atomic E-state index is -0.0888. The van der Waals surface area contributed by atoms with Crippen LogP contribution in [0.1, 0.15) is 122 Å². The number of pyridine rings is 1. The maximum Gasteiger partial charge on any atom is 0.137 e. The third-order valence-corrected chi connectivity index (χ3v) is 10.9. The fourth-order valence-corrected chi connectivity index (χ4v) is 8.12. The van der Waals surface area contributed by atoms with Crippen LogP contribution in [-0.2, 0) is 10.8 Å². The Hall–Kier alpha value is -4.64. The fourth-order valence-electron chi connectivity index (χ4n) is 8.12. The summed E-state index contributed by atoms with van der Waals surface area (Å²) in [6.07, 6.45) is 6.74. The molecule has 0 amide bonds. The zero-order valence-corrected chi connectivity index (χ0v) is 32.4. The second-order valence-corrected chi connectivity index (χ2v) is 17.2. The Bertz CT molecular complexity index is 2280. The first-order valence-electron chi connectivity index (χ1n) is 18.7. The molecule has 0 aliphatic heterocycles. The summed E-state index contributed by atoms with van der Waals surface area (Å²) in [5.74, 6) is 3.78. The molecule has 3 aromatic heterocycles. The molecule has 5 heteroatoms. The number of benzene rings is 3. The molecule has 0 saturated heterocycles. The second-order valence-electron chi connectivity index (χ2n) is 17.2. The molecule has 51 heavy (non-hydrogen) atoms. The number of aromatic nitrogens is 4. The van der Waals surface area contributed by atoms with Crippen molar-refractivity contribution in [3.8, 4) is 23.0 Å². The lowest BCUT2D eigenvalue weighted by Crippen LogP contribution is -2.18. The van der Waals surface area contributed by atoms with Crippen molar-refractivity contribution >= 4 is 21.8 Å². The molecule has 7 rings (SSSR count). The van der Waals surface area contributed by atoms with Crippen LogP contribution in [0.5, 0.6) is 11.5 Å². The van der Waals surface area contributed by atoms with E-state index in [0.717, 1.165) is 46.2 Å². The molecule has 0 fully saturated rings. The molecule has 0 saturated carbocycles. The van der Waals surface area contributed by atoms with E-state index in [-0.39, 0.29) is 10.8 Å². The maximum absolute atomic E-state index is 6.85. The highest BCUT2D eigenvalue weighted by Gasteiger charge is 2.32. The maximum atomic E-state index is 6.85. The Morgan fingerprint density at radius 3 is 2.22 bits per heavy atom. The summed E-state index contributed by atoms with van der Waals surface area (Å²) in [5.41, 5.74) is 10.9. The number of ether oxygens (including phenoxy) is 1. The van der Waals surface area contributed by atoms with Crippen molar-refractivity contribution in [2.45, 2.75) is 112 Å². The molecule has 0 radical (unpaired) electrons. The van der Waals surface area contributed by atoms with Gasteiger partial charge in [0.25, 0.3) is 0 Å². The largest absolute Gasteiger partial charge is 0.457 e. The van der Waals surface area contributed by atoms with Gasteiger partial charge in [-0.05, 0) is 103 Å². The van der Waals surface area contributed by atoms with E-state index < -0.39 is 0 Å². The second kappa shape index (κ2) is 12.8. The van der Waals surface area contributed by atoms with Gasteiger partial charge in [-0.3, -0.25) is 4.57 Å². The van der Waals surface area contributed by atoms with Gasteiger partial charge in [-0.15, -0.1) is 0 Å². The van der Waals surface area contributed by atoms with E-state index in [1.165, 1.54) is 45.2 Å². The summed E-state index contributed by atoms with van der Waals surface area (Å²) < 4.78 is 11.3. The van der Waals surface area contributed by atoms with Gasteiger partial charge in [-0.1, -0.05) is 92.2 Å². The number of nitrogens with zero attached hydrogens (tertiary/aromatic N) is 4. The molecule has 1 aliphatic carbocycles. The first kappa shape index (κ1) is 34.8. The number of allylic oxidation sites excluding steroid dienone is 2. The average Bonchev–Trinajstić information content (AvgIpc) is 3.58. The number of fused-ring (bicyclic) bond motifs is 3. The van der Waals surface area contributed by atoms with Crippen LogP contribution in [-0.4, -0.2) is 19.3 Å². The van der Waals surface area contributed by atoms with Crippen molar-refractivity contribution in [2.24, 2.45) is 5.92 Å². The van der Waals surface area contributed by atoms with Crippen molar-refractivity contribution in [1.29, 1.82) is 0 Å². The van der Waals surface area contributed by atoms with E-state index in [0.29, 0.717) is 17.8 Å². The van der Waals surface area contributed by atoms with Gasteiger partial charge in [-0.2, -0.15) is 5.10 Å². The smallest absolute Gasteiger partial charge is 0.137 e. The van der Waals surface area contributed by atoms with Crippen molar-refractivity contribution in [3.63, 3.8) is 0 Å². The predicted octanol–water partition coefficient (Wildman–Crippen LogP) is 12.6. The highest BCUT2D eigenvalue weighted by atomic mass is 16.5. The lowest BCUT2D eigenvalue weighted by atomic mass is 9.74. The Morgan fingerprint density at radius 2 is 1.51 bits per heavy atom. The molecule has 2 atom stereocenters. The monoisotopic (exact) mass is 678 g/mol. The third-order valence-electron chi connectivity index (χ3n) is 10.9. The van der Waals surface area contributed by atoms with E-state index in [2.05, 4.69) is 164 Å². The molecule has 1 aliphatic rings. The first-order valence-corrected chi connectivity index (χ1v) is 18.7. The molecule has 0 N–H and O–H groups in total. The van der Waals surface area contributed by atoms with Gasteiger partial charge in [0.15, 0.2) is 0 Å². The quantitative estimate of drug-likeness (QED) is 0.165. The summed E-state index contributed by atoms with van der Waals surface area (Å²) >= 11 is 0. The van der Waals surface area contributed by atoms with Crippen molar-refractivity contribution in [1.82, 2.24) is 19.3 Å². The highest BCUT2D eigenvalue weighted by Crippen LogP contribution is 2.44. The van der Waals surface area contributed by atoms with Gasteiger partial charge in [0.05, 0.1) is 28.1 Å². The summed E-state index contributed by atoms with van der Waals surface area (Å²) in [7, 11) is 0. The van der Waals surface area contributed by atoms with Crippen LogP contribution >= 0.6 is 0 Å². The predicted molar refractivity (Wildman–Crippen MR) is 213 cm³/mol. The number of para-hydroxylation sites is 1. The van der Waals surface area contributed by atoms with Gasteiger partial charge in [0.2, 0.25) is 0 Å². The van der Waals surface area contributed by atoms with Crippen LogP contribution in [0.4, 0.5) is 0 Å². The number of rotatable bonds is 6. The third kappa shape index (κ3) is 6.41. The van der Waals surface area contributed by atoms with Crippen LogP contribution in [0.3, 0.4) is 0 Å². The van der Waals surface area contributed by atoms with E-state index >= 15 is 0 Å². The normalized spacial score (nSPS) is 17.1. The molecule has 0 unspecified atom stereocenters. The molecule has 3 aromatic carbocycles. The molecule has 0 spiro atoms. The lowest BCUT2D eigenvalue weighted by molar-refractivity contribution is 0.445. The molecular weight excluding hydrogens is 625 g/mol. The summed E-state index contributed by atoms with van der Waals surface area (Å²) in [6, 6.07) is 26.0. The topological polar surface area (TPSA) is 44.9 Å². The lowest BCUT2D eigenvalue weighted by Gasteiger charge is -2.30. The van der Waals surface area contributed by atoms with Crippen molar-refractivity contribution in [2.75, 3.05) is 0 Å². The summed E-state index contributed by atoms with van der Waals surface area (Å²) in [6.45, 7) is 25.0. The zero-order chi connectivity index (χ0) is 36.4. The standard InChI is InChI=1S/C46H54N4O/c1-28(2)44-43(42-29(3)15-14-16-30(42)4)31(5)48-50(44)34-23-33(46(9,10)11)24-36(26-34)51-35-19-20-38-37-17-12-13-18-39(37)49(40(38)27-35)41-25-32(21-22-47-41)45(6,7)8/h12-13,15,17-28,30,42H,14,16H2,1-11H3/t30-,42-/m0/s1. The molecule has 3 heterocycles. The van der Waals surface area contributed by atoms with Crippen molar-refractivity contribution < 1.29 is 4.74 Å². The Morgan fingerprint density at radius 1 is 0.784 bits per heavy atom. The molecule has 6 aromatic rings. The van der Waals surface area contributed by atoms with Crippen LogP contribution in [0.25, 0.3) is 33.3 Å². The Labute approximate surface area is 304 Å². The van der Waals surface area contributed by atoms with Crippen LogP contribution in [0.2, 0.25) is 0 Å². The highest BCUT2D eigenvalue weighted by molar-refractivity contribution is 6.09. The van der Waals surface area contributed by atoms with Gasteiger partial charge >= 0.3 is 0 Å². The van der Waals surface area contributed by atoms with E-state index in [1.54, 1.807) is 0 Å². The molecule has 264 valence electrons. The van der Waals surface area contributed by atoms with E-state index in [1.807, 2.05) is 6.20 Å². The Balaban J connectivity index is 1.37. The SMILES string of the molecule is CC1=CCC[C@H](C)[C@H]1c1c(C)nn(-c2cc(Oc3ccc4c5ccccc5n(-c5cc(C(C)(C)C)ccn5)c4c3)cc(C(C)(C)C)c2)c1C(C)C. The first-order chi connectivity index (χ1) is 24.1. The fraction of sp³-hybridized carbons (Fsp3) is 0.391.